The molecule has 0 saturated heterocycles. The van der Waals surface area contributed by atoms with Gasteiger partial charge in [-0.15, -0.1) is 0 Å². The predicted molar refractivity (Wildman–Crippen MR) is 80.9 cm³/mol. The van der Waals surface area contributed by atoms with Gasteiger partial charge in [-0.05, 0) is 30.3 Å². The smallest absolute Gasteiger partial charge is 0.325 e. The van der Waals surface area contributed by atoms with Crippen molar-refractivity contribution in [3.8, 4) is 0 Å². The third-order valence-corrected chi connectivity index (χ3v) is 2.84. The van der Waals surface area contributed by atoms with E-state index >= 15 is 0 Å². The first kappa shape index (κ1) is 17.9. The summed E-state index contributed by atoms with van der Waals surface area (Å²) in [6.45, 7) is -1.23. The molecule has 9 heteroatoms. The Morgan fingerprint density at radius 3 is 2.56 bits per heavy atom. The van der Waals surface area contributed by atoms with Crippen LogP contribution in [-0.4, -0.2) is 36.8 Å². The van der Waals surface area contributed by atoms with Crippen LogP contribution in [0.4, 0.5) is 4.39 Å². The second-order valence-corrected chi connectivity index (χ2v) is 4.71. The highest BCUT2D eigenvalue weighted by Crippen LogP contribution is 2.03. The minimum atomic E-state index is -0.898. The van der Waals surface area contributed by atoms with E-state index in [4.69, 9.17) is 4.42 Å². The maximum atomic E-state index is 13.0. The van der Waals surface area contributed by atoms with Crippen molar-refractivity contribution in [1.29, 1.82) is 0 Å². The number of ether oxygens (including phenoxy) is 1. The van der Waals surface area contributed by atoms with Gasteiger partial charge in [0.15, 0.2) is 12.4 Å². The number of benzene rings is 1. The zero-order chi connectivity index (χ0) is 18.2. The van der Waals surface area contributed by atoms with E-state index in [2.05, 4.69) is 10.1 Å². The molecule has 0 atom stereocenters. The molecule has 1 heterocycles. The third kappa shape index (κ3) is 5.57. The highest BCUT2D eigenvalue weighted by molar-refractivity contribution is 6.03. The lowest BCUT2D eigenvalue weighted by Gasteiger charge is -2.06. The lowest BCUT2D eigenvalue weighted by atomic mass is 10.2. The quantitative estimate of drug-likeness (QED) is 0.741. The van der Waals surface area contributed by atoms with E-state index in [9.17, 15) is 23.6 Å². The van der Waals surface area contributed by atoms with Crippen molar-refractivity contribution in [3.05, 3.63) is 59.8 Å². The summed E-state index contributed by atoms with van der Waals surface area (Å²) in [4.78, 5) is 46.1. The molecule has 0 aliphatic rings. The predicted octanol–water partition coefficient (Wildman–Crippen LogP) is 0.648. The Hall–Kier alpha value is -3.49. The molecule has 2 aromatic rings. The van der Waals surface area contributed by atoms with Gasteiger partial charge >= 0.3 is 5.97 Å². The Kier molecular flexibility index (Phi) is 5.99. The fraction of sp³-hybridized carbons (Fsp3) is 0.125. The van der Waals surface area contributed by atoms with Crippen molar-refractivity contribution in [1.82, 2.24) is 10.6 Å². The van der Waals surface area contributed by atoms with Crippen LogP contribution in [0.5, 0.6) is 0 Å². The van der Waals surface area contributed by atoms with Gasteiger partial charge in [0.05, 0.1) is 6.26 Å². The van der Waals surface area contributed by atoms with E-state index in [0.717, 1.165) is 6.07 Å². The van der Waals surface area contributed by atoms with Gasteiger partial charge in [-0.1, -0.05) is 6.07 Å². The molecule has 8 nitrogen and oxygen atoms in total. The van der Waals surface area contributed by atoms with Crippen molar-refractivity contribution in [2.75, 3.05) is 13.2 Å². The molecule has 1 aromatic carbocycles. The van der Waals surface area contributed by atoms with Crippen LogP contribution in [0.1, 0.15) is 20.9 Å². The zero-order valence-corrected chi connectivity index (χ0v) is 12.8. The lowest BCUT2D eigenvalue weighted by Crippen LogP contribution is -2.36. The van der Waals surface area contributed by atoms with Gasteiger partial charge in [-0.2, -0.15) is 0 Å². The number of hydrogen-bond donors (Lipinski definition) is 2. The van der Waals surface area contributed by atoms with Crippen molar-refractivity contribution >= 4 is 23.7 Å². The highest BCUT2D eigenvalue weighted by Gasteiger charge is 2.15. The largest absolute Gasteiger partial charge is 0.459 e. The van der Waals surface area contributed by atoms with Gasteiger partial charge in [-0.3, -0.25) is 24.5 Å². The van der Waals surface area contributed by atoms with Gasteiger partial charge in [0.2, 0.25) is 0 Å². The first-order valence-electron chi connectivity index (χ1n) is 7.03. The summed E-state index contributed by atoms with van der Waals surface area (Å²) in [5.41, 5.74) is 0.0367. The molecule has 0 unspecified atom stereocenters. The monoisotopic (exact) mass is 348 g/mol. The summed E-state index contributed by atoms with van der Waals surface area (Å²) in [5.74, 6) is -3.86. The number of esters is 1. The molecule has 0 radical (unpaired) electrons. The lowest BCUT2D eigenvalue weighted by molar-refractivity contribution is -0.147. The fourth-order valence-corrected chi connectivity index (χ4v) is 1.71. The number of carbonyl (C=O) groups is 4. The average Bonchev–Trinajstić information content (AvgIpc) is 3.12. The van der Waals surface area contributed by atoms with Crippen LogP contribution in [0.15, 0.2) is 47.1 Å². The summed E-state index contributed by atoms with van der Waals surface area (Å²) < 4.78 is 22.4. The number of hydrogen-bond acceptors (Lipinski definition) is 6. The SMILES string of the molecule is O=C(COC(=O)CNC(=O)c1cccc(F)c1)NC(=O)c1ccco1. The van der Waals surface area contributed by atoms with E-state index in [1.165, 1.54) is 36.6 Å². The van der Waals surface area contributed by atoms with E-state index in [0.29, 0.717) is 0 Å². The van der Waals surface area contributed by atoms with Crippen LogP contribution in [0.25, 0.3) is 0 Å². The number of furan rings is 1. The summed E-state index contributed by atoms with van der Waals surface area (Å²) in [6.07, 6.45) is 1.26. The maximum absolute atomic E-state index is 13.0. The third-order valence-electron chi connectivity index (χ3n) is 2.84. The molecule has 2 N–H and O–H groups in total. The minimum Gasteiger partial charge on any atom is -0.459 e. The number of imide groups is 1. The summed E-state index contributed by atoms with van der Waals surface area (Å²) >= 11 is 0. The second-order valence-electron chi connectivity index (χ2n) is 4.71. The normalized spacial score (nSPS) is 9.96. The number of amides is 3. The molecule has 0 fully saturated rings. The van der Waals surface area contributed by atoms with Crippen molar-refractivity contribution in [2.45, 2.75) is 0 Å². The fourth-order valence-electron chi connectivity index (χ4n) is 1.71. The van der Waals surface area contributed by atoms with Crippen LogP contribution >= 0.6 is 0 Å². The number of rotatable bonds is 6. The molecule has 130 valence electrons. The highest BCUT2D eigenvalue weighted by atomic mass is 19.1. The van der Waals surface area contributed by atoms with Gasteiger partial charge in [0, 0.05) is 5.56 Å². The van der Waals surface area contributed by atoms with Gasteiger partial charge < -0.3 is 14.5 Å². The topological polar surface area (TPSA) is 115 Å². The molecule has 0 spiro atoms. The molecule has 0 bridgehead atoms. The van der Waals surface area contributed by atoms with Crippen LogP contribution in [0, 0.1) is 5.82 Å². The summed E-state index contributed by atoms with van der Waals surface area (Å²) in [5, 5.41) is 4.18. The standard InChI is InChI=1S/C16H13FN2O6/c17-11-4-1-3-10(7-11)15(22)18-8-14(21)25-9-13(20)19-16(23)12-5-2-6-24-12/h1-7H,8-9H2,(H,18,22)(H,19,20,23). The van der Waals surface area contributed by atoms with Crippen molar-refractivity contribution in [3.63, 3.8) is 0 Å². The molecule has 0 aliphatic heterocycles. The van der Waals surface area contributed by atoms with E-state index in [1.54, 1.807) is 0 Å². The minimum absolute atomic E-state index is 0.0367. The number of nitrogens with one attached hydrogen (secondary N) is 2. The molecule has 1 aromatic heterocycles. The summed E-state index contributed by atoms with van der Waals surface area (Å²) in [7, 11) is 0. The number of halogens is 1. The van der Waals surface area contributed by atoms with Gasteiger partial charge in [0.25, 0.3) is 17.7 Å². The number of carbonyl (C=O) groups excluding carboxylic acids is 4. The molecular weight excluding hydrogens is 335 g/mol. The Labute approximate surface area is 140 Å². The first-order valence-corrected chi connectivity index (χ1v) is 7.03. The Bertz CT molecular complexity index is 788. The van der Waals surface area contributed by atoms with E-state index < -0.39 is 42.7 Å². The average molecular weight is 348 g/mol. The maximum Gasteiger partial charge on any atom is 0.325 e. The Balaban J connectivity index is 1.70. The van der Waals surface area contributed by atoms with Crippen LogP contribution in [-0.2, 0) is 14.3 Å². The van der Waals surface area contributed by atoms with Crippen molar-refractivity contribution in [2.24, 2.45) is 0 Å². The Morgan fingerprint density at radius 2 is 1.88 bits per heavy atom. The van der Waals surface area contributed by atoms with Crippen LogP contribution in [0.3, 0.4) is 0 Å². The molecule has 0 aliphatic carbocycles. The molecule has 0 saturated carbocycles. The Morgan fingerprint density at radius 1 is 1.08 bits per heavy atom. The van der Waals surface area contributed by atoms with E-state index in [1.807, 2.05) is 5.32 Å². The van der Waals surface area contributed by atoms with E-state index in [-0.39, 0.29) is 11.3 Å². The van der Waals surface area contributed by atoms with Crippen LogP contribution in [0.2, 0.25) is 0 Å². The second kappa shape index (κ2) is 8.39. The first-order chi connectivity index (χ1) is 12.0. The molecule has 2 rings (SSSR count). The summed E-state index contributed by atoms with van der Waals surface area (Å²) in [6, 6.07) is 7.74. The van der Waals surface area contributed by atoms with Crippen LogP contribution < -0.4 is 10.6 Å². The molecule has 25 heavy (non-hydrogen) atoms. The molecule has 3 amide bonds. The van der Waals surface area contributed by atoms with Gasteiger partial charge in [-0.25, -0.2) is 4.39 Å². The van der Waals surface area contributed by atoms with Crippen molar-refractivity contribution < 1.29 is 32.7 Å². The zero-order valence-electron chi connectivity index (χ0n) is 12.8. The van der Waals surface area contributed by atoms with Gasteiger partial charge in [0.1, 0.15) is 12.4 Å². The molecular formula is C16H13FN2O6.